The predicted molar refractivity (Wildman–Crippen MR) is 77.9 cm³/mol. The number of hydrogen-bond acceptors (Lipinski definition) is 1. The number of nitrogens with one attached hydrogen (secondary N) is 1. The largest absolute Gasteiger partial charge is 0.378 e. The van der Waals surface area contributed by atoms with Gasteiger partial charge in [-0.25, -0.2) is 4.39 Å². The van der Waals surface area contributed by atoms with Crippen molar-refractivity contribution in [2.24, 2.45) is 0 Å². The summed E-state index contributed by atoms with van der Waals surface area (Å²) < 4.78 is 14.3. The Labute approximate surface area is 123 Å². The van der Waals surface area contributed by atoms with Crippen LogP contribution >= 0.6 is 39.1 Å². The molecular weight excluding hydrogens is 340 g/mol. The number of hydrogen-bond donors (Lipinski definition) is 1. The van der Waals surface area contributed by atoms with Gasteiger partial charge in [0.05, 0.1) is 15.7 Å². The van der Waals surface area contributed by atoms with Crippen LogP contribution in [0.2, 0.25) is 10.0 Å². The van der Waals surface area contributed by atoms with Crippen LogP contribution in [0.25, 0.3) is 0 Å². The van der Waals surface area contributed by atoms with E-state index in [1.165, 1.54) is 6.07 Å². The summed E-state index contributed by atoms with van der Waals surface area (Å²) in [7, 11) is 0. The molecule has 1 N–H and O–H groups in total. The van der Waals surface area contributed by atoms with Crippen molar-refractivity contribution in [1.82, 2.24) is 0 Å². The Morgan fingerprint density at radius 1 is 1.11 bits per heavy atom. The van der Waals surface area contributed by atoms with Crippen LogP contribution in [0.4, 0.5) is 10.1 Å². The predicted octanol–water partition coefficient (Wildman–Crippen LogP) is 5.51. The number of rotatable bonds is 3. The zero-order chi connectivity index (χ0) is 13.1. The van der Waals surface area contributed by atoms with Crippen LogP contribution in [-0.2, 0) is 6.54 Å². The number of benzene rings is 2. The Kier molecular flexibility index (Phi) is 4.49. The summed E-state index contributed by atoms with van der Waals surface area (Å²) in [6.45, 7) is 0.322. The van der Waals surface area contributed by atoms with Gasteiger partial charge in [-0.15, -0.1) is 0 Å². The van der Waals surface area contributed by atoms with Crippen LogP contribution in [0.15, 0.2) is 40.9 Å². The third-order valence-corrected chi connectivity index (χ3v) is 3.56. The molecule has 0 bridgehead atoms. The molecule has 0 aliphatic carbocycles. The molecule has 0 aromatic heterocycles. The minimum atomic E-state index is -0.278. The van der Waals surface area contributed by atoms with Crippen molar-refractivity contribution in [2.45, 2.75) is 6.54 Å². The van der Waals surface area contributed by atoms with E-state index in [9.17, 15) is 4.39 Å². The Bertz CT molecular complexity index is 555. The third kappa shape index (κ3) is 3.16. The van der Waals surface area contributed by atoms with Gasteiger partial charge >= 0.3 is 0 Å². The second kappa shape index (κ2) is 5.91. The first-order valence-corrected chi connectivity index (χ1v) is 6.74. The van der Waals surface area contributed by atoms with Crippen molar-refractivity contribution >= 4 is 44.8 Å². The fourth-order valence-electron chi connectivity index (χ4n) is 1.52. The molecule has 5 heteroatoms. The Hall–Kier alpha value is -0.770. The quantitative estimate of drug-likeness (QED) is 0.771. The first-order chi connectivity index (χ1) is 8.58. The first kappa shape index (κ1) is 13.7. The second-order valence-electron chi connectivity index (χ2n) is 3.69. The highest BCUT2D eigenvalue weighted by Gasteiger charge is 2.07. The average Bonchev–Trinajstić information content (AvgIpc) is 2.31. The van der Waals surface area contributed by atoms with Crippen molar-refractivity contribution in [2.75, 3.05) is 5.32 Å². The van der Waals surface area contributed by atoms with Crippen LogP contribution in [0, 0.1) is 5.82 Å². The lowest BCUT2D eigenvalue weighted by atomic mass is 10.2. The molecule has 0 saturated carbocycles. The van der Waals surface area contributed by atoms with E-state index in [1.54, 1.807) is 30.3 Å². The normalized spacial score (nSPS) is 10.4. The smallest absolute Gasteiger partial charge is 0.129 e. The van der Waals surface area contributed by atoms with Gasteiger partial charge in [0.25, 0.3) is 0 Å². The Morgan fingerprint density at radius 3 is 2.39 bits per heavy atom. The van der Waals surface area contributed by atoms with Gasteiger partial charge in [0, 0.05) is 16.6 Å². The molecule has 2 aromatic carbocycles. The highest BCUT2D eigenvalue weighted by molar-refractivity contribution is 9.10. The lowest BCUT2D eigenvalue weighted by Gasteiger charge is -2.11. The molecule has 0 aliphatic rings. The van der Waals surface area contributed by atoms with Crippen LogP contribution in [0.5, 0.6) is 0 Å². The highest BCUT2D eigenvalue weighted by Crippen LogP contribution is 2.30. The molecular formula is C13H9BrCl2FN. The van der Waals surface area contributed by atoms with E-state index in [-0.39, 0.29) is 5.82 Å². The van der Waals surface area contributed by atoms with Crippen LogP contribution < -0.4 is 5.32 Å². The molecule has 0 atom stereocenters. The van der Waals surface area contributed by atoms with E-state index in [1.807, 2.05) is 0 Å². The Balaban J connectivity index is 2.16. The van der Waals surface area contributed by atoms with Crippen molar-refractivity contribution in [3.05, 3.63) is 62.3 Å². The molecule has 0 fully saturated rings. The third-order valence-electron chi connectivity index (χ3n) is 2.43. The lowest BCUT2D eigenvalue weighted by Crippen LogP contribution is -2.02. The first-order valence-electron chi connectivity index (χ1n) is 5.20. The maximum absolute atomic E-state index is 13.6. The molecule has 0 radical (unpaired) electrons. The number of halogens is 4. The monoisotopic (exact) mass is 347 g/mol. The molecule has 2 rings (SSSR count). The van der Waals surface area contributed by atoms with Crippen molar-refractivity contribution in [1.29, 1.82) is 0 Å². The standard InChI is InChI=1S/C13H9BrCl2FN/c14-9-5-4-8(12(17)6-9)7-18-13-10(15)2-1-3-11(13)16/h1-6,18H,7H2. The molecule has 0 aliphatic heterocycles. The van der Waals surface area contributed by atoms with Gasteiger partial charge in [-0.1, -0.05) is 51.3 Å². The molecule has 0 spiro atoms. The van der Waals surface area contributed by atoms with E-state index in [0.29, 0.717) is 32.3 Å². The summed E-state index contributed by atoms with van der Waals surface area (Å²) in [4.78, 5) is 0. The van der Waals surface area contributed by atoms with Gasteiger partial charge < -0.3 is 5.32 Å². The molecule has 0 unspecified atom stereocenters. The van der Waals surface area contributed by atoms with Gasteiger partial charge in [0.2, 0.25) is 0 Å². The maximum Gasteiger partial charge on any atom is 0.129 e. The van der Waals surface area contributed by atoms with Gasteiger partial charge in [0.15, 0.2) is 0 Å². The van der Waals surface area contributed by atoms with Crippen molar-refractivity contribution < 1.29 is 4.39 Å². The van der Waals surface area contributed by atoms with E-state index in [0.717, 1.165) is 0 Å². The van der Waals surface area contributed by atoms with Crippen molar-refractivity contribution in [3.63, 3.8) is 0 Å². The average molecular weight is 349 g/mol. The van der Waals surface area contributed by atoms with Crippen molar-refractivity contribution in [3.8, 4) is 0 Å². The van der Waals surface area contributed by atoms with E-state index in [4.69, 9.17) is 23.2 Å². The minimum Gasteiger partial charge on any atom is -0.378 e. The van der Waals surface area contributed by atoms with Gasteiger partial charge in [0.1, 0.15) is 5.82 Å². The zero-order valence-electron chi connectivity index (χ0n) is 9.18. The summed E-state index contributed by atoms with van der Waals surface area (Å²) in [6.07, 6.45) is 0. The van der Waals surface area contributed by atoms with Crippen LogP contribution in [0.1, 0.15) is 5.56 Å². The summed E-state index contributed by atoms with van der Waals surface area (Å²) in [5, 5.41) is 4.07. The van der Waals surface area contributed by atoms with Crippen LogP contribution in [-0.4, -0.2) is 0 Å². The van der Waals surface area contributed by atoms with E-state index < -0.39 is 0 Å². The van der Waals surface area contributed by atoms with Gasteiger partial charge in [-0.3, -0.25) is 0 Å². The zero-order valence-corrected chi connectivity index (χ0v) is 12.3. The van der Waals surface area contributed by atoms with E-state index in [2.05, 4.69) is 21.2 Å². The topological polar surface area (TPSA) is 12.0 Å². The molecule has 18 heavy (non-hydrogen) atoms. The minimum absolute atomic E-state index is 0.278. The lowest BCUT2D eigenvalue weighted by molar-refractivity contribution is 0.612. The summed E-state index contributed by atoms with van der Waals surface area (Å²) in [6, 6.07) is 10.1. The van der Waals surface area contributed by atoms with Gasteiger partial charge in [-0.05, 0) is 24.3 Å². The summed E-state index contributed by atoms with van der Waals surface area (Å²) in [5.41, 5.74) is 1.16. The molecule has 0 heterocycles. The van der Waals surface area contributed by atoms with Gasteiger partial charge in [-0.2, -0.15) is 0 Å². The molecule has 94 valence electrons. The van der Waals surface area contributed by atoms with Crippen LogP contribution in [0.3, 0.4) is 0 Å². The molecule has 0 amide bonds. The Morgan fingerprint density at radius 2 is 1.78 bits per heavy atom. The molecule has 2 aromatic rings. The maximum atomic E-state index is 13.6. The number of anilines is 1. The summed E-state index contributed by atoms with van der Waals surface area (Å²) >= 11 is 15.2. The van der Waals surface area contributed by atoms with E-state index >= 15 is 0 Å². The second-order valence-corrected chi connectivity index (χ2v) is 5.42. The fraction of sp³-hybridized carbons (Fsp3) is 0.0769. The SMILES string of the molecule is Fc1cc(Br)ccc1CNc1c(Cl)cccc1Cl. The number of para-hydroxylation sites is 1. The molecule has 0 saturated heterocycles. The molecule has 1 nitrogen and oxygen atoms in total. The summed E-state index contributed by atoms with van der Waals surface area (Å²) in [5.74, 6) is -0.278. The highest BCUT2D eigenvalue weighted by atomic mass is 79.9. The fourth-order valence-corrected chi connectivity index (χ4v) is 2.38.